The molecule has 1 saturated carbocycles. The van der Waals surface area contributed by atoms with E-state index in [1.165, 1.54) is 19.3 Å². The lowest BCUT2D eigenvalue weighted by atomic mass is 10.0. The molecule has 0 aromatic heterocycles. The third-order valence-electron chi connectivity index (χ3n) is 3.61. The van der Waals surface area contributed by atoms with Gasteiger partial charge in [0.25, 0.3) is 0 Å². The molecule has 2 nitrogen and oxygen atoms in total. The summed E-state index contributed by atoms with van der Waals surface area (Å²) in [5, 5.41) is 3.49. The van der Waals surface area contributed by atoms with Crippen molar-refractivity contribution in [2.75, 3.05) is 11.9 Å². The summed E-state index contributed by atoms with van der Waals surface area (Å²) in [6.45, 7) is 3.32. The van der Waals surface area contributed by atoms with E-state index in [0.29, 0.717) is 10.4 Å². The lowest BCUT2D eigenvalue weighted by Crippen LogP contribution is -2.15. The van der Waals surface area contributed by atoms with Crippen molar-refractivity contribution in [3.63, 3.8) is 0 Å². The Hall–Kier alpha value is -0.610. The van der Waals surface area contributed by atoms with Crippen molar-refractivity contribution in [2.45, 2.75) is 26.2 Å². The number of halogens is 1. The van der Waals surface area contributed by atoms with Gasteiger partial charge < -0.3 is 11.1 Å². The number of hydrogen-bond donors (Lipinski definition) is 2. The Labute approximate surface area is 116 Å². The average Bonchev–Trinajstić information content (AvgIpc) is 3.07. The smallest absolute Gasteiger partial charge is 0.105 e. The van der Waals surface area contributed by atoms with Crippen LogP contribution >= 0.6 is 28.1 Å². The summed E-state index contributed by atoms with van der Waals surface area (Å²) in [6.07, 6.45) is 3.96. The Kier molecular flexibility index (Phi) is 3.73. The maximum absolute atomic E-state index is 5.62. The molecule has 0 unspecified atom stereocenters. The quantitative estimate of drug-likeness (QED) is 0.814. The Morgan fingerprint density at radius 1 is 1.53 bits per heavy atom. The Bertz CT molecular complexity index is 441. The average molecular weight is 313 g/mol. The number of rotatable bonds is 5. The van der Waals surface area contributed by atoms with Crippen molar-refractivity contribution in [1.82, 2.24) is 0 Å². The fourth-order valence-corrected chi connectivity index (χ4v) is 2.85. The first-order valence-electron chi connectivity index (χ1n) is 5.89. The first-order chi connectivity index (χ1) is 8.06. The fraction of sp³-hybridized carbons (Fsp3) is 0.462. The highest BCUT2D eigenvalue weighted by Gasteiger charge is 2.40. The van der Waals surface area contributed by atoms with Gasteiger partial charge in [0, 0.05) is 22.3 Å². The van der Waals surface area contributed by atoms with Gasteiger partial charge in [0.05, 0.1) is 0 Å². The zero-order valence-electron chi connectivity index (χ0n) is 9.92. The standard InChI is InChI=1S/C13H17BrN2S/c1-2-13(5-6-13)8-16-9-3-4-10(12(15)17)11(14)7-9/h3-4,7,16H,2,5-6,8H2,1H3,(H2,15,17). The van der Waals surface area contributed by atoms with Crippen LogP contribution in [0.4, 0.5) is 5.69 Å². The monoisotopic (exact) mass is 312 g/mol. The molecule has 0 aliphatic heterocycles. The Morgan fingerprint density at radius 3 is 2.71 bits per heavy atom. The van der Waals surface area contributed by atoms with Gasteiger partial charge in [-0.15, -0.1) is 0 Å². The summed E-state index contributed by atoms with van der Waals surface area (Å²) in [5.41, 5.74) is 8.18. The highest BCUT2D eigenvalue weighted by Crippen LogP contribution is 2.48. The fourth-order valence-electron chi connectivity index (χ4n) is 1.95. The maximum Gasteiger partial charge on any atom is 0.105 e. The molecule has 0 saturated heterocycles. The molecule has 0 spiro atoms. The number of benzene rings is 1. The predicted molar refractivity (Wildman–Crippen MR) is 80.5 cm³/mol. The third kappa shape index (κ3) is 2.99. The van der Waals surface area contributed by atoms with Crippen LogP contribution in [0.5, 0.6) is 0 Å². The summed E-state index contributed by atoms with van der Waals surface area (Å²) < 4.78 is 0.955. The topological polar surface area (TPSA) is 38.0 Å². The molecule has 1 aliphatic rings. The van der Waals surface area contributed by atoms with Gasteiger partial charge in [0.1, 0.15) is 4.99 Å². The highest BCUT2D eigenvalue weighted by atomic mass is 79.9. The van der Waals surface area contributed by atoms with E-state index in [4.69, 9.17) is 18.0 Å². The highest BCUT2D eigenvalue weighted by molar-refractivity contribution is 9.10. The van der Waals surface area contributed by atoms with Crippen molar-refractivity contribution in [2.24, 2.45) is 11.1 Å². The molecule has 0 bridgehead atoms. The molecular formula is C13H17BrN2S. The van der Waals surface area contributed by atoms with Crippen molar-refractivity contribution >= 4 is 38.8 Å². The molecule has 1 aromatic carbocycles. The number of thiocarbonyl (C=S) groups is 1. The molecule has 0 amide bonds. The molecule has 0 heterocycles. The minimum Gasteiger partial charge on any atom is -0.389 e. The van der Waals surface area contributed by atoms with Gasteiger partial charge in [-0.2, -0.15) is 0 Å². The zero-order valence-corrected chi connectivity index (χ0v) is 12.3. The summed E-state index contributed by atoms with van der Waals surface area (Å²) in [4.78, 5) is 0.427. The van der Waals surface area contributed by atoms with Crippen molar-refractivity contribution in [1.29, 1.82) is 0 Å². The lowest BCUT2D eigenvalue weighted by Gasteiger charge is -2.15. The molecule has 1 fully saturated rings. The van der Waals surface area contributed by atoms with Crippen LogP contribution in [0.25, 0.3) is 0 Å². The number of nitrogens with two attached hydrogens (primary N) is 1. The minimum atomic E-state index is 0.427. The summed E-state index contributed by atoms with van der Waals surface area (Å²) in [7, 11) is 0. The minimum absolute atomic E-state index is 0.427. The van der Waals surface area contributed by atoms with E-state index in [2.05, 4.69) is 28.2 Å². The first-order valence-corrected chi connectivity index (χ1v) is 7.10. The Balaban J connectivity index is 2.03. The second kappa shape index (κ2) is 4.94. The molecule has 4 heteroatoms. The maximum atomic E-state index is 5.62. The van der Waals surface area contributed by atoms with Crippen LogP contribution in [0.2, 0.25) is 0 Å². The van der Waals surface area contributed by atoms with E-state index in [-0.39, 0.29) is 0 Å². The second-order valence-electron chi connectivity index (χ2n) is 4.77. The number of anilines is 1. The molecule has 3 N–H and O–H groups in total. The predicted octanol–water partition coefficient (Wildman–Crippen LogP) is 3.69. The third-order valence-corrected chi connectivity index (χ3v) is 4.49. The van der Waals surface area contributed by atoms with Crippen LogP contribution in [-0.4, -0.2) is 11.5 Å². The van der Waals surface area contributed by atoms with Crippen molar-refractivity contribution in [3.8, 4) is 0 Å². The van der Waals surface area contributed by atoms with Crippen molar-refractivity contribution < 1.29 is 0 Å². The SMILES string of the molecule is CCC1(CNc2ccc(C(N)=S)c(Br)c2)CC1. The van der Waals surface area contributed by atoms with Crippen LogP contribution in [0.15, 0.2) is 22.7 Å². The molecule has 1 aromatic rings. The van der Waals surface area contributed by atoms with Gasteiger partial charge >= 0.3 is 0 Å². The van der Waals surface area contributed by atoms with Gasteiger partial charge in [-0.1, -0.05) is 19.1 Å². The number of hydrogen-bond acceptors (Lipinski definition) is 2. The van der Waals surface area contributed by atoms with E-state index >= 15 is 0 Å². The first kappa shape index (κ1) is 12.8. The van der Waals surface area contributed by atoms with Crippen molar-refractivity contribution in [3.05, 3.63) is 28.2 Å². The number of nitrogens with one attached hydrogen (secondary N) is 1. The van der Waals surface area contributed by atoms with Crippen LogP contribution in [0.3, 0.4) is 0 Å². The van der Waals surface area contributed by atoms with Gasteiger partial charge in [-0.25, -0.2) is 0 Å². The van der Waals surface area contributed by atoms with Crippen LogP contribution in [-0.2, 0) is 0 Å². The molecule has 2 rings (SSSR count). The van der Waals surface area contributed by atoms with Crippen LogP contribution < -0.4 is 11.1 Å². The van der Waals surface area contributed by atoms with Gasteiger partial charge in [0.2, 0.25) is 0 Å². The van der Waals surface area contributed by atoms with E-state index in [1.807, 2.05) is 18.2 Å². The molecule has 0 atom stereocenters. The summed E-state index contributed by atoms with van der Waals surface area (Å²) in [5.74, 6) is 0. The van der Waals surface area contributed by atoms with E-state index < -0.39 is 0 Å². The lowest BCUT2D eigenvalue weighted by molar-refractivity contribution is 0.521. The summed E-state index contributed by atoms with van der Waals surface area (Å²) in [6, 6.07) is 6.03. The largest absolute Gasteiger partial charge is 0.389 e. The molecule has 17 heavy (non-hydrogen) atoms. The molecule has 0 radical (unpaired) electrons. The van der Waals surface area contributed by atoms with E-state index in [1.54, 1.807) is 0 Å². The molecular weight excluding hydrogens is 296 g/mol. The summed E-state index contributed by atoms with van der Waals surface area (Å²) >= 11 is 8.47. The molecule has 1 aliphatic carbocycles. The molecule has 92 valence electrons. The van der Waals surface area contributed by atoms with Crippen LogP contribution in [0, 0.1) is 5.41 Å². The van der Waals surface area contributed by atoms with Gasteiger partial charge in [0.15, 0.2) is 0 Å². The second-order valence-corrected chi connectivity index (χ2v) is 6.06. The zero-order chi connectivity index (χ0) is 12.5. The Morgan fingerprint density at radius 2 is 2.24 bits per heavy atom. The van der Waals surface area contributed by atoms with Gasteiger partial charge in [-0.3, -0.25) is 0 Å². The normalized spacial score (nSPS) is 16.6. The van der Waals surface area contributed by atoms with Crippen LogP contribution in [0.1, 0.15) is 31.7 Å². The van der Waals surface area contributed by atoms with E-state index in [0.717, 1.165) is 22.3 Å². The van der Waals surface area contributed by atoms with Gasteiger partial charge in [-0.05, 0) is 58.8 Å². The van der Waals surface area contributed by atoms with E-state index in [9.17, 15) is 0 Å².